The average Bonchev–Trinajstić information content (AvgIpc) is 1.58. The second-order valence-electron chi connectivity index (χ2n) is 2.23. The fourth-order valence-corrected chi connectivity index (χ4v) is 0.901. The van der Waals surface area contributed by atoms with E-state index in [1.54, 1.807) is 0 Å². The highest BCUT2D eigenvalue weighted by Crippen LogP contribution is 2.25. The molecule has 0 aromatic rings. The summed E-state index contributed by atoms with van der Waals surface area (Å²) in [5.41, 5.74) is 5.50. The summed E-state index contributed by atoms with van der Waals surface area (Å²) in [5, 5.41) is 0. The predicted octanol–water partition coefficient (Wildman–Crippen LogP) is 0.910. The molecule has 1 aliphatic carbocycles. The fourth-order valence-electron chi connectivity index (χ4n) is 0.901. The van der Waals surface area contributed by atoms with Crippen LogP contribution in [0.15, 0.2) is 12.7 Å². The minimum atomic E-state index is 0.475. The van der Waals surface area contributed by atoms with Gasteiger partial charge in [0, 0.05) is 6.04 Å². The number of allylic oxidation sites excluding steroid dienone is 1. The van der Waals surface area contributed by atoms with E-state index < -0.39 is 0 Å². The Morgan fingerprint density at radius 3 is 2.29 bits per heavy atom. The molecule has 0 aromatic heterocycles. The van der Waals surface area contributed by atoms with Crippen LogP contribution in [-0.2, 0) is 0 Å². The second-order valence-corrected chi connectivity index (χ2v) is 2.23. The van der Waals surface area contributed by atoms with Gasteiger partial charge in [0.05, 0.1) is 0 Å². The number of hydrogen-bond acceptors (Lipinski definition) is 1. The molecule has 0 radical (unpaired) electrons. The van der Waals surface area contributed by atoms with Crippen molar-refractivity contribution in [2.45, 2.75) is 18.9 Å². The van der Waals surface area contributed by atoms with Crippen molar-refractivity contribution in [2.75, 3.05) is 0 Å². The van der Waals surface area contributed by atoms with Crippen molar-refractivity contribution in [3.05, 3.63) is 12.7 Å². The minimum Gasteiger partial charge on any atom is -0.328 e. The van der Waals surface area contributed by atoms with E-state index in [1.807, 2.05) is 6.08 Å². The normalized spacial score (nSPS) is 39.6. The van der Waals surface area contributed by atoms with Gasteiger partial charge in [0.25, 0.3) is 0 Å². The summed E-state index contributed by atoms with van der Waals surface area (Å²) in [6.07, 6.45) is 4.30. The van der Waals surface area contributed by atoms with Crippen molar-refractivity contribution >= 4 is 0 Å². The van der Waals surface area contributed by atoms with E-state index in [-0.39, 0.29) is 0 Å². The van der Waals surface area contributed by atoms with Crippen LogP contribution in [0.3, 0.4) is 0 Å². The SMILES string of the molecule is C=CC1CC(N)C1. The van der Waals surface area contributed by atoms with Crippen LogP contribution in [0.2, 0.25) is 0 Å². The van der Waals surface area contributed by atoms with Crippen molar-refractivity contribution < 1.29 is 0 Å². The monoisotopic (exact) mass is 97.1 g/mol. The predicted molar refractivity (Wildman–Crippen MR) is 30.9 cm³/mol. The van der Waals surface area contributed by atoms with Crippen LogP contribution in [0.4, 0.5) is 0 Å². The van der Waals surface area contributed by atoms with Gasteiger partial charge in [-0.25, -0.2) is 0 Å². The quantitative estimate of drug-likeness (QED) is 0.483. The molecule has 0 saturated heterocycles. The van der Waals surface area contributed by atoms with Gasteiger partial charge < -0.3 is 5.73 Å². The second kappa shape index (κ2) is 1.66. The molecular weight excluding hydrogens is 86.1 g/mol. The van der Waals surface area contributed by atoms with Gasteiger partial charge in [-0.15, -0.1) is 6.58 Å². The zero-order chi connectivity index (χ0) is 5.28. The molecule has 1 nitrogen and oxygen atoms in total. The summed E-state index contributed by atoms with van der Waals surface area (Å²) >= 11 is 0. The molecule has 0 bridgehead atoms. The molecule has 40 valence electrons. The average molecular weight is 97.2 g/mol. The Morgan fingerprint density at radius 1 is 1.57 bits per heavy atom. The lowest BCUT2D eigenvalue weighted by atomic mass is 9.81. The van der Waals surface area contributed by atoms with Crippen LogP contribution in [0.5, 0.6) is 0 Å². The van der Waals surface area contributed by atoms with Crippen LogP contribution in [0.25, 0.3) is 0 Å². The molecule has 1 heteroatoms. The molecule has 0 amide bonds. The third-order valence-electron chi connectivity index (χ3n) is 1.54. The first kappa shape index (κ1) is 4.85. The minimum absolute atomic E-state index is 0.475. The summed E-state index contributed by atoms with van der Waals surface area (Å²) in [7, 11) is 0. The fraction of sp³-hybridized carbons (Fsp3) is 0.667. The van der Waals surface area contributed by atoms with Gasteiger partial charge in [-0.3, -0.25) is 0 Å². The Bertz CT molecular complexity index is 72.2. The van der Waals surface area contributed by atoms with Crippen LogP contribution >= 0.6 is 0 Å². The first-order chi connectivity index (χ1) is 3.33. The van der Waals surface area contributed by atoms with E-state index in [1.165, 1.54) is 0 Å². The molecular formula is C6H11N. The highest BCUT2D eigenvalue weighted by molar-refractivity contribution is 4.92. The summed E-state index contributed by atoms with van der Waals surface area (Å²) in [6, 6.07) is 0.475. The summed E-state index contributed by atoms with van der Waals surface area (Å²) in [5.74, 6) is 0.731. The van der Waals surface area contributed by atoms with Gasteiger partial charge in [-0.2, -0.15) is 0 Å². The van der Waals surface area contributed by atoms with Crippen molar-refractivity contribution in [2.24, 2.45) is 11.7 Å². The van der Waals surface area contributed by atoms with Gasteiger partial charge in [-0.1, -0.05) is 6.08 Å². The first-order valence-corrected chi connectivity index (χ1v) is 2.71. The van der Waals surface area contributed by atoms with Crippen molar-refractivity contribution in [1.82, 2.24) is 0 Å². The van der Waals surface area contributed by atoms with Gasteiger partial charge in [0.15, 0.2) is 0 Å². The molecule has 0 unspecified atom stereocenters. The van der Waals surface area contributed by atoms with Gasteiger partial charge in [0.2, 0.25) is 0 Å². The van der Waals surface area contributed by atoms with E-state index in [2.05, 4.69) is 6.58 Å². The van der Waals surface area contributed by atoms with Gasteiger partial charge in [-0.05, 0) is 18.8 Å². The van der Waals surface area contributed by atoms with Crippen LogP contribution < -0.4 is 5.73 Å². The molecule has 0 aliphatic heterocycles. The highest BCUT2D eigenvalue weighted by atomic mass is 14.7. The van der Waals surface area contributed by atoms with E-state index >= 15 is 0 Å². The maximum Gasteiger partial charge on any atom is 0.00500 e. The molecule has 7 heavy (non-hydrogen) atoms. The third-order valence-corrected chi connectivity index (χ3v) is 1.54. The largest absolute Gasteiger partial charge is 0.328 e. The van der Waals surface area contributed by atoms with Crippen LogP contribution in [0, 0.1) is 5.92 Å². The van der Waals surface area contributed by atoms with E-state index in [0.29, 0.717) is 6.04 Å². The van der Waals surface area contributed by atoms with Crippen molar-refractivity contribution in [1.29, 1.82) is 0 Å². The lowest BCUT2D eigenvalue weighted by Crippen LogP contribution is -2.34. The zero-order valence-corrected chi connectivity index (χ0v) is 4.43. The summed E-state index contributed by atoms with van der Waals surface area (Å²) in [6.45, 7) is 3.66. The number of nitrogens with two attached hydrogens (primary N) is 1. The lowest BCUT2D eigenvalue weighted by Gasteiger charge is -2.29. The van der Waals surface area contributed by atoms with E-state index in [4.69, 9.17) is 5.73 Å². The summed E-state index contributed by atoms with van der Waals surface area (Å²) < 4.78 is 0. The number of hydrogen-bond donors (Lipinski definition) is 1. The Morgan fingerprint density at radius 2 is 2.14 bits per heavy atom. The molecule has 1 saturated carbocycles. The summed E-state index contributed by atoms with van der Waals surface area (Å²) in [4.78, 5) is 0. The maximum atomic E-state index is 5.50. The van der Waals surface area contributed by atoms with Crippen molar-refractivity contribution in [3.63, 3.8) is 0 Å². The topological polar surface area (TPSA) is 26.0 Å². The zero-order valence-electron chi connectivity index (χ0n) is 4.43. The molecule has 0 atom stereocenters. The molecule has 0 spiro atoms. The smallest absolute Gasteiger partial charge is 0.00500 e. The van der Waals surface area contributed by atoms with Crippen LogP contribution in [-0.4, -0.2) is 6.04 Å². The molecule has 1 aliphatic rings. The van der Waals surface area contributed by atoms with E-state index in [0.717, 1.165) is 18.8 Å². The van der Waals surface area contributed by atoms with Gasteiger partial charge >= 0.3 is 0 Å². The van der Waals surface area contributed by atoms with Crippen molar-refractivity contribution in [3.8, 4) is 0 Å². The van der Waals surface area contributed by atoms with Crippen LogP contribution in [0.1, 0.15) is 12.8 Å². The molecule has 0 heterocycles. The Balaban J connectivity index is 2.17. The first-order valence-electron chi connectivity index (χ1n) is 2.71. The van der Waals surface area contributed by atoms with Gasteiger partial charge in [0.1, 0.15) is 0 Å². The lowest BCUT2D eigenvalue weighted by molar-refractivity contribution is 0.324. The highest BCUT2D eigenvalue weighted by Gasteiger charge is 2.21. The molecule has 1 rings (SSSR count). The van der Waals surface area contributed by atoms with E-state index in [9.17, 15) is 0 Å². The molecule has 2 N–H and O–H groups in total. The Kier molecular flexibility index (Phi) is 1.15. The standard InChI is InChI=1S/C6H11N/c1-2-5-3-6(7)4-5/h2,5-6H,1,3-4,7H2. The molecule has 0 aromatic carbocycles. The Labute approximate surface area is 44.2 Å². The maximum absolute atomic E-state index is 5.50. The third kappa shape index (κ3) is 0.829. The Hall–Kier alpha value is -0.300. The molecule has 1 fully saturated rings. The number of rotatable bonds is 1.